The highest BCUT2D eigenvalue weighted by Crippen LogP contribution is 2.42. The molecule has 4 aromatic heterocycles. The maximum atomic E-state index is 2.49. The van der Waals surface area contributed by atoms with Gasteiger partial charge in [0.2, 0.25) is 0 Å². The number of rotatable bonds is 1. The predicted octanol–water partition coefficient (Wildman–Crippen LogP) is 10.9. The second-order valence-electron chi connectivity index (χ2n) is 11.0. The second kappa shape index (κ2) is 7.75. The summed E-state index contributed by atoms with van der Waals surface area (Å²) in [5.74, 6) is 0. The summed E-state index contributed by atoms with van der Waals surface area (Å²) < 4.78 is 7.61. The molecule has 0 atom stereocenters. The number of benzene rings is 6. The van der Waals surface area contributed by atoms with Crippen molar-refractivity contribution in [3.8, 4) is 5.69 Å². The number of para-hydroxylation sites is 2. The number of thiophene rings is 1. The fourth-order valence-corrected chi connectivity index (χ4v) is 8.34. The average Bonchev–Trinajstić information content (AvgIpc) is 3.70. The summed E-state index contributed by atoms with van der Waals surface area (Å²) in [7, 11) is 0. The van der Waals surface area contributed by atoms with Crippen molar-refractivity contribution in [1.82, 2.24) is 8.97 Å². The summed E-state index contributed by atoms with van der Waals surface area (Å²) >= 11 is 1.89. The molecule has 41 heavy (non-hydrogen) atoms. The maximum absolute atomic E-state index is 2.49. The van der Waals surface area contributed by atoms with Gasteiger partial charge in [-0.1, -0.05) is 91.0 Å². The molecule has 190 valence electrons. The van der Waals surface area contributed by atoms with E-state index >= 15 is 0 Å². The van der Waals surface area contributed by atoms with Crippen LogP contribution in [0.2, 0.25) is 0 Å². The van der Waals surface area contributed by atoms with Crippen molar-refractivity contribution >= 4 is 91.4 Å². The third kappa shape index (κ3) is 2.76. The summed E-state index contributed by atoms with van der Waals surface area (Å²) in [5, 5.41) is 10.4. The Hall–Kier alpha value is -5.12. The zero-order chi connectivity index (χ0) is 26.7. The summed E-state index contributed by atoms with van der Waals surface area (Å²) in [4.78, 5) is 0. The van der Waals surface area contributed by atoms with E-state index in [4.69, 9.17) is 0 Å². The number of hydrogen-bond acceptors (Lipinski definition) is 1. The largest absolute Gasteiger partial charge is 0.309 e. The SMILES string of the molecule is c1ccc2c(c1)sc1c(-n3c4ccccc4c4cc5cc6c7ccccc7c7ccccc7n6c5cc43)cccc12. The molecule has 0 N–H and O–H groups in total. The van der Waals surface area contributed by atoms with Gasteiger partial charge in [-0.2, -0.15) is 0 Å². The van der Waals surface area contributed by atoms with Crippen LogP contribution in [0.5, 0.6) is 0 Å². The van der Waals surface area contributed by atoms with Crippen molar-refractivity contribution in [1.29, 1.82) is 0 Å². The first-order valence-corrected chi connectivity index (χ1v) is 14.9. The molecular weight excluding hydrogens is 516 g/mol. The van der Waals surface area contributed by atoms with Crippen molar-refractivity contribution in [3.63, 3.8) is 0 Å². The maximum Gasteiger partial charge on any atom is 0.0640 e. The van der Waals surface area contributed by atoms with Crippen molar-refractivity contribution < 1.29 is 0 Å². The Balaban J connectivity index is 1.42. The normalized spacial score (nSPS) is 12.4. The van der Waals surface area contributed by atoms with E-state index in [1.807, 2.05) is 11.3 Å². The molecule has 0 aliphatic carbocycles. The van der Waals surface area contributed by atoms with Crippen LogP contribution in [0, 0.1) is 0 Å². The Bertz CT molecular complexity index is 2700. The Morgan fingerprint density at radius 2 is 1.02 bits per heavy atom. The fourth-order valence-electron chi connectivity index (χ4n) is 7.14. The van der Waals surface area contributed by atoms with E-state index < -0.39 is 0 Å². The third-order valence-corrected chi connectivity index (χ3v) is 10.1. The zero-order valence-corrected chi connectivity index (χ0v) is 22.8. The predicted molar refractivity (Wildman–Crippen MR) is 177 cm³/mol. The van der Waals surface area contributed by atoms with Crippen LogP contribution in [-0.4, -0.2) is 8.97 Å². The van der Waals surface area contributed by atoms with Gasteiger partial charge in [0.1, 0.15) is 0 Å². The number of aromatic nitrogens is 2. The van der Waals surface area contributed by atoms with Crippen molar-refractivity contribution in [2.45, 2.75) is 0 Å². The lowest BCUT2D eigenvalue weighted by molar-refractivity contribution is 1.20. The first-order chi connectivity index (χ1) is 20.3. The van der Waals surface area contributed by atoms with E-state index in [2.05, 4.69) is 142 Å². The van der Waals surface area contributed by atoms with Gasteiger partial charge >= 0.3 is 0 Å². The molecule has 0 radical (unpaired) electrons. The molecule has 0 aliphatic heterocycles. The number of nitrogens with zero attached hydrogens (tertiary/aromatic N) is 2. The van der Waals surface area contributed by atoms with Gasteiger partial charge in [-0.25, -0.2) is 0 Å². The van der Waals surface area contributed by atoms with Gasteiger partial charge in [0.05, 0.1) is 38.0 Å². The molecule has 2 nitrogen and oxygen atoms in total. The van der Waals surface area contributed by atoms with Gasteiger partial charge < -0.3 is 8.97 Å². The van der Waals surface area contributed by atoms with Crippen LogP contribution < -0.4 is 0 Å². The summed E-state index contributed by atoms with van der Waals surface area (Å²) in [6.45, 7) is 0. The molecule has 0 aliphatic rings. The lowest BCUT2D eigenvalue weighted by Crippen LogP contribution is -1.94. The minimum absolute atomic E-state index is 1.24. The van der Waals surface area contributed by atoms with Gasteiger partial charge in [-0.15, -0.1) is 11.3 Å². The fraction of sp³-hybridized carbons (Fsp3) is 0. The lowest BCUT2D eigenvalue weighted by Gasteiger charge is -2.11. The minimum Gasteiger partial charge on any atom is -0.309 e. The minimum atomic E-state index is 1.24. The van der Waals surface area contributed by atoms with Gasteiger partial charge in [-0.05, 0) is 47.9 Å². The van der Waals surface area contributed by atoms with Crippen molar-refractivity contribution in [2.24, 2.45) is 0 Å². The van der Waals surface area contributed by atoms with Crippen LogP contribution in [0.15, 0.2) is 133 Å². The van der Waals surface area contributed by atoms with Gasteiger partial charge in [0.15, 0.2) is 0 Å². The molecular formula is C38H22N2S. The molecule has 0 saturated heterocycles. The van der Waals surface area contributed by atoms with Crippen molar-refractivity contribution in [3.05, 3.63) is 133 Å². The molecule has 0 saturated carbocycles. The van der Waals surface area contributed by atoms with E-state index in [0.717, 1.165) is 0 Å². The van der Waals surface area contributed by atoms with Crippen LogP contribution in [0.1, 0.15) is 0 Å². The molecule has 0 amide bonds. The highest BCUT2D eigenvalue weighted by Gasteiger charge is 2.19. The lowest BCUT2D eigenvalue weighted by atomic mass is 10.1. The van der Waals surface area contributed by atoms with E-state index in [1.165, 1.54) is 85.8 Å². The molecule has 0 unspecified atom stereocenters. The first-order valence-electron chi connectivity index (χ1n) is 14.0. The van der Waals surface area contributed by atoms with Crippen LogP contribution in [0.25, 0.3) is 85.8 Å². The Kier molecular flexibility index (Phi) is 4.10. The highest BCUT2D eigenvalue weighted by atomic mass is 32.1. The molecule has 10 rings (SSSR count). The van der Waals surface area contributed by atoms with Crippen LogP contribution in [-0.2, 0) is 0 Å². The average molecular weight is 539 g/mol. The summed E-state index contributed by atoms with van der Waals surface area (Å²) in [6.07, 6.45) is 0. The number of hydrogen-bond donors (Lipinski definition) is 0. The smallest absolute Gasteiger partial charge is 0.0640 e. The molecule has 0 fully saturated rings. The van der Waals surface area contributed by atoms with E-state index in [-0.39, 0.29) is 0 Å². The third-order valence-electron chi connectivity index (χ3n) is 8.86. The van der Waals surface area contributed by atoms with E-state index in [0.29, 0.717) is 0 Å². The number of fused-ring (bicyclic) bond motifs is 14. The molecule has 4 heterocycles. The van der Waals surface area contributed by atoms with Crippen molar-refractivity contribution in [2.75, 3.05) is 0 Å². The van der Waals surface area contributed by atoms with Crippen LogP contribution in [0.3, 0.4) is 0 Å². The molecule has 0 spiro atoms. The van der Waals surface area contributed by atoms with Crippen LogP contribution in [0.4, 0.5) is 0 Å². The van der Waals surface area contributed by atoms with Gasteiger partial charge in [0, 0.05) is 42.4 Å². The Labute approximate surface area is 238 Å². The molecule has 3 heteroatoms. The summed E-state index contributed by atoms with van der Waals surface area (Å²) in [5.41, 5.74) is 7.45. The number of pyridine rings is 1. The quantitative estimate of drug-likeness (QED) is 0.184. The second-order valence-corrected chi connectivity index (χ2v) is 12.0. The summed E-state index contributed by atoms with van der Waals surface area (Å²) in [6, 6.07) is 49.2. The monoisotopic (exact) mass is 538 g/mol. The molecule has 6 aromatic carbocycles. The van der Waals surface area contributed by atoms with Gasteiger partial charge in [-0.3, -0.25) is 0 Å². The van der Waals surface area contributed by atoms with Crippen LogP contribution >= 0.6 is 11.3 Å². The Morgan fingerprint density at radius 1 is 0.390 bits per heavy atom. The Morgan fingerprint density at radius 3 is 1.85 bits per heavy atom. The molecule has 10 aromatic rings. The highest BCUT2D eigenvalue weighted by molar-refractivity contribution is 7.26. The van der Waals surface area contributed by atoms with Gasteiger partial charge in [0.25, 0.3) is 0 Å². The standard InChI is InChI=1S/C38H22N2S/c1-2-12-26-24(10-1)25-11-3-6-16-31(25)40-34-22-36-30(20-23(34)21-35(26)40)27-13-4-7-17-32(27)39(36)33-18-9-15-29-28-14-5-8-19-37(28)41-38(29)33/h1-22H. The zero-order valence-electron chi connectivity index (χ0n) is 22.0. The molecule has 0 bridgehead atoms. The van der Waals surface area contributed by atoms with E-state index in [9.17, 15) is 0 Å². The first kappa shape index (κ1) is 21.7. The van der Waals surface area contributed by atoms with E-state index in [1.54, 1.807) is 0 Å². The topological polar surface area (TPSA) is 9.34 Å².